The molecule has 1 aromatic carbocycles. The third kappa shape index (κ3) is 2.45. The van der Waals surface area contributed by atoms with Gasteiger partial charge in [-0.2, -0.15) is 0 Å². The maximum absolute atomic E-state index is 13.2. The van der Waals surface area contributed by atoms with Crippen molar-refractivity contribution in [2.24, 2.45) is 16.6 Å². The van der Waals surface area contributed by atoms with Crippen LogP contribution < -0.4 is 5.73 Å². The highest BCUT2D eigenvalue weighted by Gasteiger charge is 2.07. The van der Waals surface area contributed by atoms with E-state index in [4.69, 9.17) is 17.3 Å². The second kappa shape index (κ2) is 4.42. The maximum Gasteiger partial charge on any atom is 0.150 e. The van der Waals surface area contributed by atoms with Gasteiger partial charge in [-0.1, -0.05) is 31.5 Å². The van der Waals surface area contributed by atoms with Gasteiger partial charge in [0.15, 0.2) is 0 Å². The lowest BCUT2D eigenvalue weighted by molar-refractivity contribution is 0.629. The Morgan fingerprint density at radius 3 is 2.64 bits per heavy atom. The molecule has 0 aliphatic heterocycles. The van der Waals surface area contributed by atoms with Gasteiger partial charge in [0.25, 0.3) is 0 Å². The average molecular weight is 215 g/mol. The van der Waals surface area contributed by atoms with Crippen LogP contribution in [-0.2, 0) is 0 Å². The van der Waals surface area contributed by atoms with Crippen molar-refractivity contribution in [2.45, 2.75) is 13.8 Å². The topological polar surface area (TPSA) is 38.4 Å². The molecule has 0 saturated carbocycles. The van der Waals surface area contributed by atoms with Gasteiger partial charge in [-0.25, -0.2) is 9.38 Å². The molecule has 0 fully saturated rings. The lowest BCUT2D eigenvalue weighted by Crippen LogP contribution is -2.18. The fraction of sp³-hybridized carbons (Fsp3) is 0.300. The summed E-state index contributed by atoms with van der Waals surface area (Å²) in [5.74, 6) is -0.0104. The molecule has 76 valence electrons. The Kier molecular flexibility index (Phi) is 3.47. The molecule has 0 saturated heterocycles. The molecule has 2 nitrogen and oxygen atoms in total. The van der Waals surface area contributed by atoms with Crippen LogP contribution in [0.2, 0.25) is 5.02 Å². The molecular formula is C10H12ClFN2. The summed E-state index contributed by atoms with van der Waals surface area (Å²) in [6.45, 7) is 3.77. The van der Waals surface area contributed by atoms with E-state index >= 15 is 0 Å². The van der Waals surface area contributed by atoms with Gasteiger partial charge in [0.1, 0.15) is 17.3 Å². The van der Waals surface area contributed by atoms with Crippen molar-refractivity contribution in [1.29, 1.82) is 0 Å². The summed E-state index contributed by atoms with van der Waals surface area (Å²) in [5.41, 5.74) is 5.72. The predicted molar refractivity (Wildman–Crippen MR) is 57.5 cm³/mol. The minimum Gasteiger partial charge on any atom is -0.387 e. The van der Waals surface area contributed by atoms with Gasteiger partial charge in [0.2, 0.25) is 0 Å². The molecule has 0 bridgehead atoms. The van der Waals surface area contributed by atoms with E-state index in [0.29, 0.717) is 5.84 Å². The zero-order valence-electron chi connectivity index (χ0n) is 8.09. The van der Waals surface area contributed by atoms with Gasteiger partial charge in [0, 0.05) is 5.92 Å². The maximum atomic E-state index is 13.2. The number of rotatable bonds is 2. The SMILES string of the molecule is CC(C)C(N)=Nc1c(F)cccc1Cl. The normalized spacial score (nSPS) is 12.2. The smallest absolute Gasteiger partial charge is 0.150 e. The van der Waals surface area contributed by atoms with E-state index in [1.165, 1.54) is 12.1 Å². The molecule has 0 aliphatic carbocycles. The Bertz CT molecular complexity index is 341. The lowest BCUT2D eigenvalue weighted by atomic mass is 10.2. The molecule has 1 aromatic rings. The van der Waals surface area contributed by atoms with E-state index in [0.717, 1.165) is 0 Å². The number of hydrogen-bond donors (Lipinski definition) is 1. The van der Waals surface area contributed by atoms with E-state index in [9.17, 15) is 4.39 Å². The molecule has 14 heavy (non-hydrogen) atoms. The van der Waals surface area contributed by atoms with Crippen LogP contribution in [0, 0.1) is 11.7 Å². The molecule has 0 unspecified atom stereocenters. The van der Waals surface area contributed by atoms with Gasteiger partial charge in [-0.15, -0.1) is 0 Å². The van der Waals surface area contributed by atoms with Gasteiger partial charge in [-0.3, -0.25) is 0 Å². The third-order valence-electron chi connectivity index (χ3n) is 1.77. The average Bonchev–Trinajstić information content (AvgIpc) is 2.11. The largest absolute Gasteiger partial charge is 0.387 e. The van der Waals surface area contributed by atoms with E-state index < -0.39 is 5.82 Å². The predicted octanol–water partition coefficient (Wildman–Crippen LogP) is 3.12. The van der Waals surface area contributed by atoms with Crippen molar-refractivity contribution in [3.63, 3.8) is 0 Å². The lowest BCUT2D eigenvalue weighted by Gasteiger charge is -2.05. The number of nitrogens with zero attached hydrogens (tertiary/aromatic N) is 1. The van der Waals surface area contributed by atoms with E-state index in [-0.39, 0.29) is 16.6 Å². The first-order valence-electron chi connectivity index (χ1n) is 4.30. The Morgan fingerprint density at radius 2 is 2.14 bits per heavy atom. The van der Waals surface area contributed by atoms with Gasteiger partial charge in [0.05, 0.1) is 5.02 Å². The van der Waals surface area contributed by atoms with Crippen LogP contribution >= 0.6 is 11.6 Å². The Morgan fingerprint density at radius 1 is 1.50 bits per heavy atom. The Labute approximate surface area is 87.6 Å². The monoisotopic (exact) mass is 214 g/mol. The third-order valence-corrected chi connectivity index (χ3v) is 2.07. The molecule has 0 heterocycles. The summed E-state index contributed by atoms with van der Waals surface area (Å²) in [6.07, 6.45) is 0. The molecule has 0 aliphatic rings. The first kappa shape index (κ1) is 11.0. The first-order chi connectivity index (χ1) is 6.52. The van der Waals surface area contributed by atoms with Crippen molar-refractivity contribution >= 4 is 23.1 Å². The molecule has 0 aromatic heterocycles. The summed E-state index contributed by atoms with van der Waals surface area (Å²) in [4.78, 5) is 3.95. The van der Waals surface area contributed by atoms with Gasteiger partial charge in [-0.05, 0) is 12.1 Å². The van der Waals surface area contributed by atoms with Crippen LogP contribution in [0.5, 0.6) is 0 Å². The second-order valence-corrected chi connectivity index (χ2v) is 3.67. The van der Waals surface area contributed by atoms with Crippen LogP contribution in [-0.4, -0.2) is 5.84 Å². The second-order valence-electron chi connectivity index (χ2n) is 3.26. The molecule has 1 rings (SSSR count). The van der Waals surface area contributed by atoms with Crippen molar-refractivity contribution < 1.29 is 4.39 Å². The van der Waals surface area contributed by atoms with Gasteiger partial charge < -0.3 is 5.73 Å². The first-order valence-corrected chi connectivity index (χ1v) is 4.68. The molecule has 0 atom stereocenters. The number of amidine groups is 1. The molecule has 0 spiro atoms. The fourth-order valence-corrected chi connectivity index (χ4v) is 1.06. The minimum absolute atomic E-state index is 0.0747. The molecule has 4 heteroatoms. The van der Waals surface area contributed by atoms with E-state index in [2.05, 4.69) is 4.99 Å². The van der Waals surface area contributed by atoms with Crippen LogP contribution in [0.25, 0.3) is 0 Å². The van der Waals surface area contributed by atoms with Crippen molar-refractivity contribution in [2.75, 3.05) is 0 Å². The van der Waals surface area contributed by atoms with Crippen LogP contribution in [0.15, 0.2) is 23.2 Å². The van der Waals surface area contributed by atoms with Crippen LogP contribution in [0.3, 0.4) is 0 Å². The summed E-state index contributed by atoms with van der Waals surface area (Å²) in [5, 5.41) is 0.272. The summed E-state index contributed by atoms with van der Waals surface area (Å²) >= 11 is 5.78. The van der Waals surface area contributed by atoms with Crippen molar-refractivity contribution in [3.05, 3.63) is 29.0 Å². The Balaban J connectivity index is 3.14. The fourth-order valence-electron chi connectivity index (χ4n) is 0.854. The summed E-state index contributed by atoms with van der Waals surface area (Å²) in [7, 11) is 0. The number of nitrogens with two attached hydrogens (primary N) is 1. The zero-order chi connectivity index (χ0) is 10.7. The summed E-state index contributed by atoms with van der Waals surface area (Å²) < 4.78 is 13.2. The minimum atomic E-state index is -0.457. The highest BCUT2D eigenvalue weighted by Crippen LogP contribution is 2.27. The zero-order valence-corrected chi connectivity index (χ0v) is 8.85. The highest BCUT2D eigenvalue weighted by atomic mass is 35.5. The Hall–Kier alpha value is -1.09. The van der Waals surface area contributed by atoms with E-state index in [1.807, 2.05) is 13.8 Å². The summed E-state index contributed by atoms with van der Waals surface area (Å²) in [6, 6.07) is 4.41. The quantitative estimate of drug-likeness (QED) is 0.596. The van der Waals surface area contributed by atoms with E-state index in [1.54, 1.807) is 6.07 Å². The van der Waals surface area contributed by atoms with Crippen LogP contribution in [0.1, 0.15) is 13.8 Å². The number of aliphatic imine (C=N–C) groups is 1. The van der Waals surface area contributed by atoms with Crippen molar-refractivity contribution in [1.82, 2.24) is 0 Å². The molecule has 0 amide bonds. The molecule has 2 N–H and O–H groups in total. The number of halogens is 2. The standard InChI is InChI=1S/C10H12ClFN2/c1-6(2)10(13)14-9-7(11)4-3-5-8(9)12/h3-6H,1-2H3,(H2,13,14). The molecular weight excluding hydrogens is 203 g/mol. The molecule has 0 radical (unpaired) electrons. The number of benzene rings is 1. The highest BCUT2D eigenvalue weighted by molar-refractivity contribution is 6.33. The van der Waals surface area contributed by atoms with Crippen LogP contribution in [0.4, 0.5) is 10.1 Å². The number of hydrogen-bond acceptors (Lipinski definition) is 1. The van der Waals surface area contributed by atoms with Crippen molar-refractivity contribution in [3.8, 4) is 0 Å². The number of para-hydroxylation sites is 1. The van der Waals surface area contributed by atoms with Gasteiger partial charge >= 0.3 is 0 Å².